The Morgan fingerprint density at radius 3 is 2.59 bits per heavy atom. The van der Waals surface area contributed by atoms with E-state index in [1.807, 2.05) is 36.1 Å². The third-order valence-electron chi connectivity index (χ3n) is 6.00. The summed E-state index contributed by atoms with van der Waals surface area (Å²) in [5.74, 6) is -0.116. The van der Waals surface area contributed by atoms with Gasteiger partial charge < -0.3 is 14.5 Å². The van der Waals surface area contributed by atoms with Crippen LogP contribution in [0.3, 0.4) is 0 Å². The van der Waals surface area contributed by atoms with E-state index in [0.29, 0.717) is 13.1 Å². The van der Waals surface area contributed by atoms with Crippen LogP contribution in [0, 0.1) is 6.92 Å². The van der Waals surface area contributed by atoms with Crippen LogP contribution in [0.2, 0.25) is 0 Å². The van der Waals surface area contributed by atoms with Gasteiger partial charge in [-0.1, -0.05) is 31.2 Å². The highest BCUT2D eigenvalue weighted by Gasteiger charge is 2.44. The van der Waals surface area contributed by atoms with Crippen molar-refractivity contribution in [3.8, 4) is 0 Å². The topological polar surface area (TPSA) is 53.1 Å². The lowest BCUT2D eigenvalue weighted by Gasteiger charge is -2.48. The van der Waals surface area contributed by atoms with E-state index in [1.165, 1.54) is 0 Å². The van der Waals surface area contributed by atoms with Gasteiger partial charge in [-0.3, -0.25) is 14.5 Å². The standard InChI is InChI=1S/C21H31N3O3/c1-6-24-12-11-23(14-21(24,3)4)20(26)19-18(22(5)17(25)13-27-19)16-10-8-7-9-15(16)2/h7-10,18-19H,6,11-14H2,1-5H3/t18-,19+/m1/s1. The van der Waals surface area contributed by atoms with E-state index >= 15 is 0 Å². The molecule has 1 aromatic rings. The third kappa shape index (κ3) is 3.73. The molecule has 27 heavy (non-hydrogen) atoms. The fourth-order valence-electron chi connectivity index (χ4n) is 4.35. The highest BCUT2D eigenvalue weighted by atomic mass is 16.5. The van der Waals surface area contributed by atoms with Crippen molar-refractivity contribution in [2.24, 2.45) is 0 Å². The molecular formula is C21H31N3O3. The molecule has 0 saturated carbocycles. The molecule has 2 aliphatic heterocycles. The minimum absolute atomic E-state index is 0.0218. The van der Waals surface area contributed by atoms with Crippen LogP contribution in [0.4, 0.5) is 0 Å². The number of carbonyl (C=O) groups excluding carboxylic acids is 2. The predicted molar refractivity (Wildman–Crippen MR) is 104 cm³/mol. The van der Waals surface area contributed by atoms with E-state index in [9.17, 15) is 9.59 Å². The summed E-state index contributed by atoms with van der Waals surface area (Å²) in [6, 6.07) is 7.50. The lowest BCUT2D eigenvalue weighted by Crippen LogP contribution is -2.63. The Morgan fingerprint density at radius 2 is 1.96 bits per heavy atom. The minimum Gasteiger partial charge on any atom is -0.356 e. The van der Waals surface area contributed by atoms with Crippen LogP contribution in [-0.4, -0.2) is 78.0 Å². The predicted octanol–water partition coefficient (Wildman–Crippen LogP) is 1.84. The second-order valence-electron chi connectivity index (χ2n) is 8.19. The Balaban J connectivity index is 1.88. The number of aryl methyl sites for hydroxylation is 1. The maximum Gasteiger partial charge on any atom is 0.254 e. The van der Waals surface area contributed by atoms with Gasteiger partial charge in [-0.05, 0) is 38.4 Å². The number of likely N-dealkylation sites (N-methyl/N-ethyl adjacent to an activating group) is 2. The zero-order chi connectivity index (χ0) is 19.8. The summed E-state index contributed by atoms with van der Waals surface area (Å²) in [6.45, 7) is 11.6. The second kappa shape index (κ2) is 7.60. The molecule has 2 amide bonds. The molecule has 3 rings (SSSR count). The number of piperazine rings is 1. The summed E-state index contributed by atoms with van der Waals surface area (Å²) in [7, 11) is 1.77. The Morgan fingerprint density at radius 1 is 1.26 bits per heavy atom. The molecule has 0 N–H and O–H groups in total. The molecule has 0 aromatic heterocycles. The zero-order valence-corrected chi connectivity index (χ0v) is 17.1. The average molecular weight is 373 g/mol. The first kappa shape index (κ1) is 19.8. The lowest BCUT2D eigenvalue weighted by atomic mass is 9.92. The van der Waals surface area contributed by atoms with Gasteiger partial charge in [0, 0.05) is 32.2 Å². The van der Waals surface area contributed by atoms with E-state index in [-0.39, 0.29) is 24.0 Å². The Labute approximate surface area is 162 Å². The number of rotatable bonds is 3. The minimum atomic E-state index is -0.669. The zero-order valence-electron chi connectivity index (χ0n) is 17.1. The Hall–Kier alpha value is -1.92. The van der Waals surface area contributed by atoms with Crippen LogP contribution in [-0.2, 0) is 14.3 Å². The van der Waals surface area contributed by atoms with Gasteiger partial charge in [0.25, 0.3) is 5.91 Å². The van der Waals surface area contributed by atoms with Gasteiger partial charge in [-0.2, -0.15) is 0 Å². The van der Waals surface area contributed by atoms with Crippen LogP contribution in [0.25, 0.3) is 0 Å². The Bertz CT molecular complexity index is 718. The number of amides is 2. The summed E-state index contributed by atoms with van der Waals surface area (Å²) in [4.78, 5) is 31.7. The molecule has 2 aliphatic rings. The fraction of sp³-hybridized carbons (Fsp3) is 0.619. The third-order valence-corrected chi connectivity index (χ3v) is 6.00. The van der Waals surface area contributed by atoms with Crippen LogP contribution in [0.1, 0.15) is 37.9 Å². The van der Waals surface area contributed by atoms with Gasteiger partial charge >= 0.3 is 0 Å². The molecule has 0 bridgehead atoms. The van der Waals surface area contributed by atoms with E-state index in [4.69, 9.17) is 4.74 Å². The number of hydrogen-bond acceptors (Lipinski definition) is 4. The first-order valence-corrected chi connectivity index (χ1v) is 9.73. The quantitative estimate of drug-likeness (QED) is 0.811. The summed E-state index contributed by atoms with van der Waals surface area (Å²) in [5.41, 5.74) is 1.96. The molecule has 0 unspecified atom stereocenters. The molecular weight excluding hydrogens is 342 g/mol. The number of hydrogen-bond donors (Lipinski definition) is 0. The summed E-state index contributed by atoms with van der Waals surface area (Å²) < 4.78 is 5.82. The van der Waals surface area contributed by atoms with E-state index in [0.717, 1.165) is 24.2 Å². The van der Waals surface area contributed by atoms with Gasteiger partial charge in [-0.25, -0.2) is 0 Å². The van der Waals surface area contributed by atoms with Crippen molar-refractivity contribution < 1.29 is 14.3 Å². The molecule has 2 heterocycles. The van der Waals surface area contributed by atoms with Gasteiger partial charge in [-0.15, -0.1) is 0 Å². The van der Waals surface area contributed by atoms with Gasteiger partial charge in [0.1, 0.15) is 6.61 Å². The second-order valence-corrected chi connectivity index (χ2v) is 8.19. The number of nitrogens with zero attached hydrogens (tertiary/aromatic N) is 3. The van der Waals surface area contributed by atoms with Gasteiger partial charge in [0.2, 0.25) is 5.91 Å². The monoisotopic (exact) mass is 373 g/mol. The normalized spacial score (nSPS) is 26.3. The van der Waals surface area contributed by atoms with E-state index in [1.54, 1.807) is 11.9 Å². The van der Waals surface area contributed by atoms with Crippen molar-refractivity contribution >= 4 is 11.8 Å². The van der Waals surface area contributed by atoms with Crippen LogP contribution < -0.4 is 0 Å². The van der Waals surface area contributed by atoms with Crippen molar-refractivity contribution in [3.63, 3.8) is 0 Å². The van der Waals surface area contributed by atoms with Crippen LogP contribution in [0.5, 0.6) is 0 Å². The SMILES string of the molecule is CCN1CCN(C(=O)[C@H]2OCC(=O)N(C)[C@@H]2c2ccccc2C)CC1(C)C. The lowest BCUT2D eigenvalue weighted by molar-refractivity contribution is -0.170. The van der Waals surface area contributed by atoms with Crippen LogP contribution >= 0.6 is 0 Å². The van der Waals surface area contributed by atoms with E-state index in [2.05, 4.69) is 25.7 Å². The molecule has 148 valence electrons. The molecule has 0 aliphatic carbocycles. The number of benzene rings is 1. The number of carbonyl (C=O) groups is 2. The summed E-state index contributed by atoms with van der Waals surface area (Å²) in [6.07, 6.45) is -0.669. The first-order chi connectivity index (χ1) is 12.8. The maximum absolute atomic E-state index is 13.4. The van der Waals surface area contributed by atoms with E-state index < -0.39 is 12.1 Å². The molecule has 6 nitrogen and oxygen atoms in total. The molecule has 2 saturated heterocycles. The van der Waals surface area contributed by atoms with Gasteiger partial charge in [0.05, 0.1) is 6.04 Å². The van der Waals surface area contributed by atoms with Crippen molar-refractivity contribution in [1.82, 2.24) is 14.7 Å². The highest BCUT2D eigenvalue weighted by Crippen LogP contribution is 2.33. The molecule has 6 heteroatoms. The average Bonchev–Trinajstić information content (AvgIpc) is 2.63. The Kier molecular flexibility index (Phi) is 5.58. The highest BCUT2D eigenvalue weighted by molar-refractivity contribution is 5.86. The molecule has 2 fully saturated rings. The van der Waals surface area contributed by atoms with Crippen molar-refractivity contribution in [3.05, 3.63) is 35.4 Å². The maximum atomic E-state index is 13.4. The molecule has 0 spiro atoms. The number of ether oxygens (including phenoxy) is 1. The molecule has 0 radical (unpaired) electrons. The fourth-order valence-corrected chi connectivity index (χ4v) is 4.35. The van der Waals surface area contributed by atoms with Crippen molar-refractivity contribution in [1.29, 1.82) is 0 Å². The smallest absolute Gasteiger partial charge is 0.254 e. The first-order valence-electron chi connectivity index (χ1n) is 9.73. The molecule has 1 aromatic carbocycles. The van der Waals surface area contributed by atoms with Crippen LogP contribution in [0.15, 0.2) is 24.3 Å². The van der Waals surface area contributed by atoms with Gasteiger partial charge in [0.15, 0.2) is 6.10 Å². The van der Waals surface area contributed by atoms with Crippen molar-refractivity contribution in [2.75, 3.05) is 39.8 Å². The largest absolute Gasteiger partial charge is 0.356 e. The number of morpholine rings is 1. The summed E-state index contributed by atoms with van der Waals surface area (Å²) >= 11 is 0. The summed E-state index contributed by atoms with van der Waals surface area (Å²) in [5, 5.41) is 0. The molecule has 2 atom stereocenters. The van der Waals surface area contributed by atoms with Crippen molar-refractivity contribution in [2.45, 2.75) is 45.4 Å².